The van der Waals surface area contributed by atoms with Gasteiger partial charge in [0.15, 0.2) is 0 Å². The first-order valence-corrected chi connectivity index (χ1v) is 11.4. The lowest BCUT2D eigenvalue weighted by Gasteiger charge is -2.16. The summed E-state index contributed by atoms with van der Waals surface area (Å²) in [4.78, 5) is 16.6. The minimum absolute atomic E-state index is 0.0979. The van der Waals surface area contributed by atoms with Crippen LogP contribution in [0.4, 0.5) is 0 Å². The van der Waals surface area contributed by atoms with E-state index in [-0.39, 0.29) is 18.2 Å². The maximum Gasteiger partial charge on any atom is 0.272 e. The second-order valence-electron chi connectivity index (χ2n) is 7.37. The van der Waals surface area contributed by atoms with Crippen molar-refractivity contribution in [2.45, 2.75) is 39.3 Å². The lowest BCUT2D eigenvalue weighted by Crippen LogP contribution is -2.14. The Hall–Kier alpha value is -3.67. The normalized spacial score (nSPS) is 13.8. The topological polar surface area (TPSA) is 143 Å². The molecule has 3 aromatic rings. The summed E-state index contributed by atoms with van der Waals surface area (Å²) in [7, 11) is 1.61. The van der Waals surface area contributed by atoms with E-state index in [0.29, 0.717) is 55.2 Å². The summed E-state index contributed by atoms with van der Waals surface area (Å²) in [5, 5.41) is 17.9. The van der Waals surface area contributed by atoms with E-state index in [1.54, 1.807) is 37.4 Å². The molecule has 0 aliphatic heterocycles. The van der Waals surface area contributed by atoms with Crippen molar-refractivity contribution in [2.24, 2.45) is 16.5 Å². The molecule has 0 unspecified atom stereocenters. The lowest BCUT2D eigenvalue weighted by atomic mass is 9.92. The number of hydrogen-bond acceptors (Lipinski definition) is 7. The number of hydrogen-bond donors (Lipinski definition) is 3. The maximum absolute atomic E-state index is 12.2. The van der Waals surface area contributed by atoms with E-state index < -0.39 is 0 Å². The number of nitrogens with one attached hydrogen (secondary N) is 1. The van der Waals surface area contributed by atoms with Gasteiger partial charge in [0.25, 0.3) is 5.56 Å². The molecule has 1 saturated carbocycles. The Balaban J connectivity index is 0.00000158. The van der Waals surface area contributed by atoms with Crippen molar-refractivity contribution in [3.63, 3.8) is 0 Å². The van der Waals surface area contributed by atoms with Crippen LogP contribution in [0.2, 0.25) is 5.02 Å². The van der Waals surface area contributed by atoms with Crippen LogP contribution in [0.15, 0.2) is 46.3 Å². The van der Waals surface area contributed by atoms with Crippen molar-refractivity contribution < 1.29 is 4.74 Å². The molecule has 9 heteroatoms. The highest BCUT2D eigenvalue weighted by molar-refractivity contribution is 6.35. The van der Waals surface area contributed by atoms with Crippen LogP contribution >= 0.6 is 11.6 Å². The van der Waals surface area contributed by atoms with Crippen molar-refractivity contribution in [3.8, 4) is 11.8 Å². The fourth-order valence-electron chi connectivity index (χ4n) is 3.58. The number of rotatable bonds is 6. The average Bonchev–Trinajstić information content (AvgIpc) is 3.67. The molecular formula is C25H27ClN6O2. The molecule has 5 N–H and O–H groups in total. The van der Waals surface area contributed by atoms with Gasteiger partial charge in [-0.25, -0.2) is 5.10 Å². The largest absolute Gasteiger partial charge is 0.489 e. The Morgan fingerprint density at radius 2 is 2.06 bits per heavy atom. The second kappa shape index (κ2) is 11.0. The number of nitriles is 1. The number of fused-ring (bicyclic) bond motifs is 1. The number of nitrogens with two attached hydrogens (primary N) is 2. The van der Waals surface area contributed by atoms with Crippen molar-refractivity contribution >= 4 is 33.7 Å². The van der Waals surface area contributed by atoms with Gasteiger partial charge in [-0.05, 0) is 36.6 Å². The monoisotopic (exact) mass is 478 g/mol. The Bertz CT molecular complexity index is 1370. The van der Waals surface area contributed by atoms with Crippen molar-refractivity contribution in [2.75, 3.05) is 7.05 Å². The molecule has 0 amide bonds. The standard InChI is InChI=1S/C23H21ClN6O2.C2H6/c1-28-22(17-7-13(24)8-21(19(17)10-26)32-14-3-4-14)18(9-25)12-2-5-15-16(6-12)20(11-27)29-30-23(15)31;1-2/h2,5-9,14H,3-4,11,25,27H2,1H3,(H,30,31);1-2H3/b18-9-,28-22?;. The molecule has 1 aliphatic carbocycles. The Labute approximate surface area is 202 Å². The van der Waals surface area contributed by atoms with Crippen LogP contribution in [0.1, 0.15) is 49.1 Å². The second-order valence-corrected chi connectivity index (χ2v) is 7.81. The van der Waals surface area contributed by atoms with Crippen LogP contribution in [0.3, 0.4) is 0 Å². The number of halogens is 1. The number of aromatic amines is 1. The van der Waals surface area contributed by atoms with Crippen LogP contribution < -0.4 is 21.8 Å². The molecule has 1 aliphatic rings. The molecular weight excluding hydrogens is 452 g/mol. The minimum Gasteiger partial charge on any atom is -0.489 e. The highest BCUT2D eigenvalue weighted by atomic mass is 35.5. The van der Waals surface area contributed by atoms with E-state index >= 15 is 0 Å². The molecule has 0 atom stereocenters. The third-order valence-corrected chi connectivity index (χ3v) is 5.49. The zero-order chi connectivity index (χ0) is 24.8. The Kier molecular flexibility index (Phi) is 8.05. The molecule has 2 aromatic carbocycles. The number of H-pyrrole nitrogens is 1. The van der Waals surface area contributed by atoms with Gasteiger partial charge in [0.2, 0.25) is 0 Å². The third-order valence-electron chi connectivity index (χ3n) is 5.27. The van der Waals surface area contributed by atoms with Crippen molar-refractivity contribution in [1.29, 1.82) is 5.26 Å². The van der Waals surface area contributed by atoms with E-state index in [4.69, 9.17) is 27.8 Å². The van der Waals surface area contributed by atoms with Gasteiger partial charge in [-0.1, -0.05) is 31.5 Å². The number of aliphatic imine (C=N–C) groups is 1. The summed E-state index contributed by atoms with van der Waals surface area (Å²) in [6, 6.07) is 10.8. The number of allylic oxidation sites excluding steroid dienone is 1. The fourth-order valence-corrected chi connectivity index (χ4v) is 3.79. The van der Waals surface area contributed by atoms with Gasteiger partial charge >= 0.3 is 0 Å². The molecule has 1 fully saturated rings. The number of benzene rings is 2. The predicted octanol–water partition coefficient (Wildman–Crippen LogP) is 3.89. The first kappa shape index (κ1) is 25.0. The molecule has 34 heavy (non-hydrogen) atoms. The summed E-state index contributed by atoms with van der Waals surface area (Å²) in [5.74, 6) is 0.426. The van der Waals surface area contributed by atoms with E-state index in [1.165, 1.54) is 6.20 Å². The summed E-state index contributed by atoms with van der Waals surface area (Å²) < 4.78 is 5.91. The highest BCUT2D eigenvalue weighted by Crippen LogP contribution is 2.35. The zero-order valence-electron chi connectivity index (χ0n) is 19.4. The number of nitrogens with zero attached hydrogens (tertiary/aromatic N) is 3. The molecule has 4 rings (SSSR count). The summed E-state index contributed by atoms with van der Waals surface area (Å²) >= 11 is 6.36. The van der Waals surface area contributed by atoms with E-state index in [0.717, 1.165) is 12.8 Å². The van der Waals surface area contributed by atoms with Crippen LogP contribution in [-0.2, 0) is 6.54 Å². The third kappa shape index (κ3) is 4.96. The summed E-state index contributed by atoms with van der Waals surface area (Å²) in [5.41, 5.74) is 14.6. The van der Waals surface area contributed by atoms with E-state index in [1.807, 2.05) is 13.8 Å². The molecule has 8 nitrogen and oxygen atoms in total. The van der Waals surface area contributed by atoms with Crippen molar-refractivity contribution in [3.05, 3.63) is 74.3 Å². The minimum atomic E-state index is -0.310. The van der Waals surface area contributed by atoms with Gasteiger partial charge in [-0.2, -0.15) is 10.4 Å². The van der Waals surface area contributed by atoms with E-state index in [2.05, 4.69) is 21.3 Å². The number of ether oxygens (including phenoxy) is 1. The van der Waals surface area contributed by atoms with Gasteiger partial charge < -0.3 is 16.2 Å². The van der Waals surface area contributed by atoms with Gasteiger partial charge in [0.05, 0.1) is 22.9 Å². The lowest BCUT2D eigenvalue weighted by molar-refractivity contribution is 0.302. The molecule has 0 radical (unpaired) electrons. The molecule has 1 aromatic heterocycles. The van der Waals surface area contributed by atoms with E-state index in [9.17, 15) is 10.1 Å². The van der Waals surface area contributed by atoms with Gasteiger partial charge in [0, 0.05) is 47.4 Å². The quantitative estimate of drug-likeness (QED) is 0.458. The molecule has 1 heterocycles. The summed E-state index contributed by atoms with van der Waals surface area (Å²) in [6.07, 6.45) is 3.41. The Morgan fingerprint density at radius 3 is 2.65 bits per heavy atom. The van der Waals surface area contributed by atoms with Crippen LogP contribution in [0.25, 0.3) is 16.3 Å². The average molecular weight is 479 g/mol. The number of aromatic nitrogens is 2. The zero-order valence-corrected chi connectivity index (χ0v) is 20.1. The Morgan fingerprint density at radius 1 is 1.32 bits per heavy atom. The SMILES string of the molecule is CC.CN=C(/C(=C\N)c1ccc2c(=O)[nH]nc(CN)c2c1)c1cc(Cl)cc(OC2CC2)c1C#N. The van der Waals surface area contributed by atoms with Crippen molar-refractivity contribution in [1.82, 2.24) is 10.2 Å². The van der Waals surface area contributed by atoms with Crippen LogP contribution in [0, 0.1) is 11.3 Å². The highest BCUT2D eigenvalue weighted by Gasteiger charge is 2.27. The molecule has 0 spiro atoms. The smallest absolute Gasteiger partial charge is 0.272 e. The maximum atomic E-state index is 12.2. The summed E-state index contributed by atoms with van der Waals surface area (Å²) in [6.45, 7) is 4.15. The fraction of sp³-hybridized carbons (Fsp3) is 0.280. The predicted molar refractivity (Wildman–Crippen MR) is 136 cm³/mol. The first-order valence-electron chi connectivity index (χ1n) is 11.0. The van der Waals surface area contributed by atoms with Crippen LogP contribution in [0.5, 0.6) is 5.75 Å². The van der Waals surface area contributed by atoms with Gasteiger partial charge in [-0.3, -0.25) is 9.79 Å². The van der Waals surface area contributed by atoms with Gasteiger partial charge in [0.1, 0.15) is 17.4 Å². The van der Waals surface area contributed by atoms with Gasteiger partial charge in [-0.15, -0.1) is 0 Å². The molecule has 176 valence electrons. The molecule has 0 bridgehead atoms. The molecule has 0 saturated heterocycles. The first-order chi connectivity index (χ1) is 16.5. The van der Waals surface area contributed by atoms with Crippen LogP contribution in [-0.4, -0.2) is 29.1 Å².